The summed E-state index contributed by atoms with van der Waals surface area (Å²) in [6, 6.07) is 5.99. The maximum absolute atomic E-state index is 11.7. The van der Waals surface area contributed by atoms with E-state index in [1.165, 1.54) is 24.0 Å². The highest BCUT2D eigenvalue weighted by atomic mass is 79.9. The third-order valence-electron chi connectivity index (χ3n) is 3.11. The van der Waals surface area contributed by atoms with Gasteiger partial charge in [-0.2, -0.15) is 0 Å². The summed E-state index contributed by atoms with van der Waals surface area (Å²) in [6.07, 6.45) is 6.48. The van der Waals surface area contributed by atoms with Crippen LogP contribution in [0.2, 0.25) is 0 Å². The van der Waals surface area contributed by atoms with E-state index < -0.39 is 0 Å². The third-order valence-corrected chi connectivity index (χ3v) is 3.49. The molecule has 1 aliphatic rings. The van der Waals surface area contributed by atoms with Gasteiger partial charge >= 0.3 is 6.03 Å². The number of hydrogen-bond acceptors (Lipinski definition) is 1. The highest BCUT2D eigenvalue weighted by molar-refractivity contribution is 9.11. The Morgan fingerprint density at radius 1 is 1.33 bits per heavy atom. The number of anilines is 1. The first kappa shape index (κ1) is 13.1. The van der Waals surface area contributed by atoms with E-state index in [1.54, 1.807) is 4.99 Å². The van der Waals surface area contributed by atoms with Crippen molar-refractivity contribution < 1.29 is 4.79 Å². The Bertz CT molecular complexity index is 457. The Kier molecular flexibility index (Phi) is 4.81. The Labute approximate surface area is 116 Å². The van der Waals surface area contributed by atoms with Gasteiger partial charge in [-0.25, -0.2) is 4.79 Å². The molecule has 4 heteroatoms. The number of aryl methyl sites for hydroxylation is 1. The number of amides is 2. The van der Waals surface area contributed by atoms with Gasteiger partial charge in [0.15, 0.2) is 0 Å². The molecule has 0 atom stereocenters. The molecule has 0 aliphatic heterocycles. The molecule has 96 valence electrons. The van der Waals surface area contributed by atoms with Crippen LogP contribution in [0.4, 0.5) is 10.5 Å². The summed E-state index contributed by atoms with van der Waals surface area (Å²) in [4.78, 5) is 13.4. The molecule has 2 rings (SSSR count). The molecule has 1 aromatic carbocycles. The van der Waals surface area contributed by atoms with Crippen molar-refractivity contribution in [3.05, 3.63) is 40.4 Å². The molecule has 1 aromatic rings. The van der Waals surface area contributed by atoms with E-state index in [9.17, 15) is 4.79 Å². The Hall–Kier alpha value is -1.29. The van der Waals surface area contributed by atoms with E-state index in [-0.39, 0.29) is 6.03 Å². The molecule has 2 N–H and O–H groups in total. The van der Waals surface area contributed by atoms with Crippen molar-refractivity contribution in [2.45, 2.75) is 25.7 Å². The minimum Gasteiger partial charge on any atom is -0.334 e. The summed E-state index contributed by atoms with van der Waals surface area (Å²) >= 11 is 3.16. The van der Waals surface area contributed by atoms with Crippen LogP contribution in [-0.2, 0) is 12.8 Å². The number of carbonyl (C=O) groups is 1. The largest absolute Gasteiger partial charge is 0.334 e. The van der Waals surface area contributed by atoms with Gasteiger partial charge in [0.05, 0.1) is 0 Å². The summed E-state index contributed by atoms with van der Waals surface area (Å²) in [5.41, 5.74) is 3.63. The molecule has 0 spiro atoms. The fraction of sp³-hybridized carbons (Fsp3) is 0.357. The molecule has 0 radical (unpaired) electrons. The second-order valence-electron chi connectivity index (χ2n) is 4.35. The summed E-state index contributed by atoms with van der Waals surface area (Å²) in [7, 11) is 0. The number of nitrogens with one attached hydrogen (secondary N) is 2. The molecule has 3 nitrogen and oxygen atoms in total. The van der Waals surface area contributed by atoms with Crippen LogP contribution in [0.15, 0.2) is 29.3 Å². The Balaban J connectivity index is 2.02. The van der Waals surface area contributed by atoms with Gasteiger partial charge in [-0.1, -0.05) is 34.1 Å². The number of urea groups is 1. The zero-order valence-electron chi connectivity index (χ0n) is 10.2. The number of benzene rings is 1. The molecule has 18 heavy (non-hydrogen) atoms. The number of rotatable bonds is 3. The van der Waals surface area contributed by atoms with E-state index in [4.69, 9.17) is 0 Å². The fourth-order valence-electron chi connectivity index (χ4n) is 2.26. The first-order valence-electron chi connectivity index (χ1n) is 6.22. The maximum Gasteiger partial charge on any atom is 0.319 e. The number of fused-ring (bicyclic) bond motifs is 1. The third kappa shape index (κ3) is 3.35. The van der Waals surface area contributed by atoms with Crippen molar-refractivity contribution in [2.24, 2.45) is 0 Å². The predicted molar refractivity (Wildman–Crippen MR) is 78.2 cm³/mol. The van der Waals surface area contributed by atoms with Crippen LogP contribution in [0.25, 0.3) is 0 Å². The second-order valence-corrected chi connectivity index (χ2v) is 4.88. The predicted octanol–water partition coefficient (Wildman–Crippen LogP) is 3.60. The molecule has 0 saturated carbocycles. The highest BCUT2D eigenvalue weighted by Crippen LogP contribution is 2.27. The van der Waals surface area contributed by atoms with Crippen LogP contribution in [0.5, 0.6) is 0 Å². The van der Waals surface area contributed by atoms with Crippen LogP contribution in [-0.4, -0.2) is 12.6 Å². The minimum atomic E-state index is -0.153. The average molecular weight is 309 g/mol. The summed E-state index contributed by atoms with van der Waals surface area (Å²) in [5, 5.41) is 5.70. The molecule has 0 bridgehead atoms. The zero-order valence-corrected chi connectivity index (χ0v) is 11.8. The quantitative estimate of drug-likeness (QED) is 0.880. The van der Waals surface area contributed by atoms with Crippen molar-refractivity contribution >= 4 is 27.6 Å². The van der Waals surface area contributed by atoms with E-state index in [0.717, 1.165) is 18.5 Å². The smallest absolute Gasteiger partial charge is 0.319 e. The Morgan fingerprint density at radius 3 is 3.00 bits per heavy atom. The van der Waals surface area contributed by atoms with Crippen LogP contribution in [0.1, 0.15) is 24.0 Å². The number of hydrogen-bond donors (Lipinski definition) is 2. The van der Waals surface area contributed by atoms with Crippen LogP contribution in [0, 0.1) is 0 Å². The molecule has 0 heterocycles. The van der Waals surface area contributed by atoms with Crippen molar-refractivity contribution in [1.29, 1.82) is 0 Å². The van der Waals surface area contributed by atoms with E-state index in [1.807, 2.05) is 18.2 Å². The molecule has 0 fully saturated rings. The standard InChI is InChI=1S/C14H17BrN2O/c15-9-4-10-16-14(18)17-13-8-3-6-11-5-1-2-7-12(11)13/h3-4,6,8-9H,1-2,5,7,10H2,(H2,16,17,18)/b9-4-. The monoisotopic (exact) mass is 308 g/mol. The maximum atomic E-state index is 11.7. The molecular formula is C14H17BrN2O. The molecule has 1 aliphatic carbocycles. The van der Waals surface area contributed by atoms with Crippen molar-refractivity contribution in [3.63, 3.8) is 0 Å². The molecule has 2 amide bonds. The average Bonchev–Trinajstić information content (AvgIpc) is 2.39. The van der Waals surface area contributed by atoms with Gasteiger partial charge < -0.3 is 10.6 Å². The van der Waals surface area contributed by atoms with Gasteiger partial charge in [-0.15, -0.1) is 0 Å². The normalized spacial score (nSPS) is 14.3. The minimum absolute atomic E-state index is 0.153. The summed E-state index contributed by atoms with van der Waals surface area (Å²) in [5.74, 6) is 0. The molecule has 0 saturated heterocycles. The summed E-state index contributed by atoms with van der Waals surface area (Å²) in [6.45, 7) is 0.520. The van der Waals surface area contributed by atoms with E-state index in [0.29, 0.717) is 6.54 Å². The first-order valence-corrected chi connectivity index (χ1v) is 7.13. The van der Waals surface area contributed by atoms with Crippen LogP contribution < -0.4 is 10.6 Å². The number of halogens is 1. The second kappa shape index (κ2) is 6.59. The molecular weight excluding hydrogens is 292 g/mol. The lowest BCUT2D eigenvalue weighted by Crippen LogP contribution is -2.29. The zero-order chi connectivity index (χ0) is 12.8. The van der Waals surface area contributed by atoms with Crippen molar-refractivity contribution in [1.82, 2.24) is 5.32 Å². The SMILES string of the molecule is O=C(NC/C=C\Br)Nc1cccc2c1CCCC2. The lowest BCUT2D eigenvalue weighted by Gasteiger charge is -2.19. The Morgan fingerprint density at radius 2 is 2.17 bits per heavy atom. The van der Waals surface area contributed by atoms with Crippen molar-refractivity contribution in [2.75, 3.05) is 11.9 Å². The van der Waals surface area contributed by atoms with Gasteiger partial charge in [-0.05, 0) is 47.9 Å². The summed E-state index contributed by atoms with van der Waals surface area (Å²) < 4.78 is 0. The lowest BCUT2D eigenvalue weighted by atomic mass is 9.90. The van der Waals surface area contributed by atoms with Crippen LogP contribution >= 0.6 is 15.9 Å². The van der Waals surface area contributed by atoms with Gasteiger partial charge in [0.25, 0.3) is 0 Å². The lowest BCUT2D eigenvalue weighted by molar-refractivity contribution is 0.253. The first-order chi connectivity index (χ1) is 8.81. The van der Waals surface area contributed by atoms with Gasteiger partial charge in [-0.3, -0.25) is 0 Å². The van der Waals surface area contributed by atoms with Gasteiger partial charge in [0, 0.05) is 12.2 Å². The topological polar surface area (TPSA) is 41.1 Å². The highest BCUT2D eigenvalue weighted by Gasteiger charge is 2.13. The van der Waals surface area contributed by atoms with Gasteiger partial charge in [0.1, 0.15) is 0 Å². The van der Waals surface area contributed by atoms with Crippen LogP contribution in [0.3, 0.4) is 0 Å². The van der Waals surface area contributed by atoms with E-state index in [2.05, 4.69) is 32.6 Å². The van der Waals surface area contributed by atoms with Crippen molar-refractivity contribution in [3.8, 4) is 0 Å². The molecule has 0 aromatic heterocycles. The molecule has 0 unspecified atom stereocenters. The number of carbonyl (C=O) groups excluding carboxylic acids is 1. The van der Waals surface area contributed by atoms with E-state index >= 15 is 0 Å². The van der Waals surface area contributed by atoms with Gasteiger partial charge in [0.2, 0.25) is 0 Å². The fourth-order valence-corrected chi connectivity index (χ4v) is 2.45.